The summed E-state index contributed by atoms with van der Waals surface area (Å²) in [6.45, 7) is 2.22. The Balaban J connectivity index is 1.22. The van der Waals surface area contributed by atoms with Crippen molar-refractivity contribution in [2.75, 3.05) is 18.8 Å². The summed E-state index contributed by atoms with van der Waals surface area (Å²) in [5.74, 6) is 0.225. The highest BCUT2D eigenvalue weighted by Crippen LogP contribution is 2.45. The summed E-state index contributed by atoms with van der Waals surface area (Å²) in [6, 6.07) is 9.93. The van der Waals surface area contributed by atoms with Gasteiger partial charge in [0, 0.05) is 54.9 Å². The van der Waals surface area contributed by atoms with Gasteiger partial charge in [-0.1, -0.05) is 0 Å². The lowest BCUT2D eigenvalue weighted by Crippen LogP contribution is -2.54. The van der Waals surface area contributed by atoms with Crippen LogP contribution in [0.4, 0.5) is 10.6 Å². The molecule has 2 aliphatic heterocycles. The molecule has 0 radical (unpaired) electrons. The third kappa shape index (κ3) is 3.13. The van der Waals surface area contributed by atoms with Crippen LogP contribution in [0.1, 0.15) is 48.9 Å². The van der Waals surface area contributed by atoms with Crippen LogP contribution in [0.3, 0.4) is 0 Å². The van der Waals surface area contributed by atoms with E-state index in [2.05, 4.69) is 27.4 Å². The van der Waals surface area contributed by atoms with Crippen molar-refractivity contribution in [2.45, 2.75) is 49.6 Å². The zero-order chi connectivity index (χ0) is 23.3. The number of carbonyl (C=O) groups excluding carboxylic acids is 1. The summed E-state index contributed by atoms with van der Waals surface area (Å²) in [4.78, 5) is 23.6. The van der Waals surface area contributed by atoms with Gasteiger partial charge in [0.15, 0.2) is 0 Å². The minimum absolute atomic E-state index is 0.00738. The molecule has 3 aliphatic rings. The van der Waals surface area contributed by atoms with Crippen LogP contribution in [-0.2, 0) is 17.5 Å². The normalized spacial score (nSPS) is 22.3. The van der Waals surface area contributed by atoms with Crippen molar-refractivity contribution in [3.63, 3.8) is 0 Å². The Labute approximate surface area is 197 Å². The van der Waals surface area contributed by atoms with E-state index < -0.39 is 0 Å². The monoisotopic (exact) mass is 454 g/mol. The van der Waals surface area contributed by atoms with Crippen LogP contribution in [0.5, 0.6) is 0 Å². The van der Waals surface area contributed by atoms with Gasteiger partial charge in [0.1, 0.15) is 11.9 Å². The number of hydrogen-bond acceptors (Lipinski definition) is 6. The molecule has 0 unspecified atom stereocenters. The third-order valence-electron chi connectivity index (χ3n) is 7.89. The highest BCUT2D eigenvalue weighted by atomic mass is 16.2. The molecule has 2 fully saturated rings. The summed E-state index contributed by atoms with van der Waals surface area (Å²) in [7, 11) is 0. The number of nitriles is 1. The molecule has 1 spiro atoms. The standard InChI is InChI=1S/C25H26N8O/c26-14-17-12-18(15-29-22(17)27)20-13-21-24(7-11-33(21)31-20)6-10-32(16-24)23(34)30-25(4-1-5-25)19-2-8-28-9-3-19/h2-3,8-9,12-13,15H,1,4-7,10-11,16H2,(H2,27,29)(H,30,34)/t24-/m1/s1. The third-order valence-corrected chi connectivity index (χ3v) is 7.89. The van der Waals surface area contributed by atoms with Crippen molar-refractivity contribution in [1.29, 1.82) is 5.26 Å². The van der Waals surface area contributed by atoms with E-state index in [1.54, 1.807) is 24.7 Å². The van der Waals surface area contributed by atoms with Crippen molar-refractivity contribution in [3.05, 3.63) is 59.7 Å². The van der Waals surface area contributed by atoms with E-state index in [0.29, 0.717) is 12.1 Å². The van der Waals surface area contributed by atoms with E-state index in [4.69, 9.17) is 10.8 Å². The molecule has 5 heterocycles. The maximum atomic E-state index is 13.3. The zero-order valence-electron chi connectivity index (χ0n) is 18.9. The van der Waals surface area contributed by atoms with Crippen molar-refractivity contribution >= 4 is 11.8 Å². The van der Waals surface area contributed by atoms with Gasteiger partial charge >= 0.3 is 6.03 Å². The number of anilines is 1. The molecule has 0 aromatic carbocycles. The quantitative estimate of drug-likeness (QED) is 0.627. The Morgan fingerprint density at radius 2 is 1.94 bits per heavy atom. The number of fused-ring (bicyclic) bond motifs is 2. The summed E-state index contributed by atoms with van der Waals surface area (Å²) < 4.78 is 2.05. The molecule has 6 rings (SSSR count). The predicted octanol–water partition coefficient (Wildman–Crippen LogP) is 2.93. The maximum absolute atomic E-state index is 13.3. The minimum Gasteiger partial charge on any atom is -0.383 e. The fraction of sp³-hybridized carbons (Fsp3) is 0.400. The van der Waals surface area contributed by atoms with E-state index in [9.17, 15) is 10.1 Å². The first kappa shape index (κ1) is 20.7. The second-order valence-corrected chi connectivity index (χ2v) is 9.71. The van der Waals surface area contributed by atoms with Crippen LogP contribution < -0.4 is 11.1 Å². The summed E-state index contributed by atoms with van der Waals surface area (Å²) in [6.07, 6.45) is 10.2. The average molecular weight is 455 g/mol. The number of aromatic nitrogens is 4. The number of amides is 2. The summed E-state index contributed by atoms with van der Waals surface area (Å²) in [5, 5.41) is 17.4. The molecule has 3 N–H and O–H groups in total. The van der Waals surface area contributed by atoms with Gasteiger partial charge in [0.2, 0.25) is 0 Å². The Morgan fingerprint density at radius 3 is 2.68 bits per heavy atom. The van der Waals surface area contributed by atoms with Gasteiger partial charge in [-0.25, -0.2) is 9.78 Å². The van der Waals surface area contributed by atoms with Gasteiger partial charge in [0.05, 0.1) is 16.8 Å². The van der Waals surface area contributed by atoms with Gasteiger partial charge < -0.3 is 16.0 Å². The molecule has 0 bridgehead atoms. The van der Waals surface area contributed by atoms with Crippen molar-refractivity contribution in [2.24, 2.45) is 0 Å². The van der Waals surface area contributed by atoms with Crippen LogP contribution in [0.2, 0.25) is 0 Å². The van der Waals surface area contributed by atoms with E-state index in [1.807, 2.05) is 21.7 Å². The van der Waals surface area contributed by atoms with E-state index in [-0.39, 0.29) is 22.8 Å². The Hall–Kier alpha value is -3.93. The molecular weight excluding hydrogens is 428 g/mol. The minimum atomic E-state index is -0.277. The predicted molar refractivity (Wildman–Crippen MR) is 125 cm³/mol. The van der Waals surface area contributed by atoms with E-state index >= 15 is 0 Å². The first-order valence-corrected chi connectivity index (χ1v) is 11.7. The number of rotatable bonds is 3. The van der Waals surface area contributed by atoms with Crippen LogP contribution in [-0.4, -0.2) is 43.8 Å². The van der Waals surface area contributed by atoms with E-state index in [1.165, 1.54) is 0 Å². The fourth-order valence-corrected chi connectivity index (χ4v) is 5.74. The van der Waals surface area contributed by atoms with Crippen molar-refractivity contribution in [1.82, 2.24) is 30.0 Å². The summed E-state index contributed by atoms with van der Waals surface area (Å²) in [5.41, 5.74) is 9.61. The second-order valence-electron chi connectivity index (χ2n) is 9.71. The number of pyridine rings is 2. The molecular formula is C25H26N8O. The molecule has 9 heteroatoms. The molecule has 1 saturated heterocycles. The number of carbonyl (C=O) groups is 1. The largest absolute Gasteiger partial charge is 0.383 e. The number of nitrogens with zero attached hydrogens (tertiary/aromatic N) is 6. The first-order valence-electron chi connectivity index (χ1n) is 11.7. The van der Waals surface area contributed by atoms with Crippen LogP contribution >= 0.6 is 0 Å². The molecule has 1 saturated carbocycles. The molecule has 1 aliphatic carbocycles. The first-order chi connectivity index (χ1) is 16.5. The smallest absolute Gasteiger partial charge is 0.318 e. The number of aryl methyl sites for hydroxylation is 1. The van der Waals surface area contributed by atoms with Crippen LogP contribution in [0.15, 0.2) is 42.9 Å². The molecule has 172 valence electrons. The molecule has 3 aromatic rings. The van der Waals surface area contributed by atoms with Gasteiger partial charge in [-0.2, -0.15) is 10.4 Å². The second kappa shape index (κ2) is 7.55. The lowest BCUT2D eigenvalue weighted by molar-refractivity contribution is 0.154. The molecule has 2 amide bonds. The maximum Gasteiger partial charge on any atom is 0.318 e. The number of nitrogens with two attached hydrogens (primary N) is 1. The number of hydrogen-bond donors (Lipinski definition) is 2. The molecule has 34 heavy (non-hydrogen) atoms. The van der Waals surface area contributed by atoms with Crippen molar-refractivity contribution < 1.29 is 4.79 Å². The highest BCUT2D eigenvalue weighted by molar-refractivity contribution is 5.76. The van der Waals surface area contributed by atoms with Gasteiger partial charge in [-0.15, -0.1) is 0 Å². The lowest BCUT2D eigenvalue weighted by atomic mass is 9.72. The zero-order valence-corrected chi connectivity index (χ0v) is 18.9. The van der Waals surface area contributed by atoms with Gasteiger partial charge in [-0.3, -0.25) is 9.67 Å². The van der Waals surface area contributed by atoms with Crippen LogP contribution in [0.25, 0.3) is 11.3 Å². The number of nitrogens with one attached hydrogen (secondary N) is 1. The Kier molecular flexibility index (Phi) is 4.59. The topological polar surface area (TPSA) is 126 Å². The van der Waals surface area contributed by atoms with Crippen LogP contribution in [0, 0.1) is 11.3 Å². The number of urea groups is 1. The Morgan fingerprint density at radius 1 is 1.15 bits per heavy atom. The average Bonchev–Trinajstić information content (AvgIpc) is 3.54. The van der Waals surface area contributed by atoms with E-state index in [0.717, 1.165) is 67.7 Å². The van der Waals surface area contributed by atoms with Crippen molar-refractivity contribution in [3.8, 4) is 17.3 Å². The summed E-state index contributed by atoms with van der Waals surface area (Å²) >= 11 is 0. The molecule has 3 aromatic heterocycles. The number of likely N-dealkylation sites (tertiary alicyclic amines) is 1. The number of nitrogen functional groups attached to an aromatic ring is 1. The lowest BCUT2D eigenvalue weighted by Gasteiger charge is -2.43. The molecule has 9 nitrogen and oxygen atoms in total. The van der Waals surface area contributed by atoms with Gasteiger partial charge in [-0.05, 0) is 61.9 Å². The highest BCUT2D eigenvalue weighted by Gasteiger charge is 2.48. The fourth-order valence-electron chi connectivity index (χ4n) is 5.74. The SMILES string of the molecule is N#Cc1cc(-c2cc3n(n2)CC[C@@]32CCN(C(=O)NC3(c4ccncc4)CCC3)C2)cnc1N. The molecule has 1 atom stereocenters. The van der Waals surface area contributed by atoms with Gasteiger partial charge in [0.25, 0.3) is 0 Å². The Bertz CT molecular complexity index is 1310.